The molecule has 1 aromatic heterocycles. The Morgan fingerprint density at radius 1 is 1.32 bits per heavy atom. The highest BCUT2D eigenvalue weighted by molar-refractivity contribution is 5.74. The van der Waals surface area contributed by atoms with Gasteiger partial charge >= 0.3 is 6.03 Å². The first-order valence-electron chi connectivity index (χ1n) is 9.54. The van der Waals surface area contributed by atoms with Crippen molar-refractivity contribution in [2.24, 2.45) is 5.92 Å². The van der Waals surface area contributed by atoms with E-state index in [-0.39, 0.29) is 6.03 Å². The summed E-state index contributed by atoms with van der Waals surface area (Å²) in [5.74, 6) is 0.353. The first-order chi connectivity index (χ1) is 12.2. The van der Waals surface area contributed by atoms with Crippen LogP contribution >= 0.6 is 0 Å². The molecule has 7 heteroatoms. The van der Waals surface area contributed by atoms with E-state index in [1.54, 1.807) is 6.20 Å². The van der Waals surface area contributed by atoms with E-state index in [2.05, 4.69) is 27.1 Å². The zero-order valence-corrected chi connectivity index (χ0v) is 15.3. The van der Waals surface area contributed by atoms with Gasteiger partial charge in [0.2, 0.25) is 0 Å². The Morgan fingerprint density at radius 3 is 2.92 bits per heavy atom. The number of ether oxygens (including phenoxy) is 1. The summed E-state index contributed by atoms with van der Waals surface area (Å²) in [5.41, 5.74) is 0. The Labute approximate surface area is 150 Å². The summed E-state index contributed by atoms with van der Waals surface area (Å²) in [6.45, 7) is 9.06. The number of carbonyl (C=O) groups is 1. The van der Waals surface area contributed by atoms with E-state index in [0.717, 1.165) is 58.8 Å². The zero-order valence-electron chi connectivity index (χ0n) is 15.3. The summed E-state index contributed by atoms with van der Waals surface area (Å²) in [4.78, 5) is 17.2. The molecule has 0 unspecified atom stereocenters. The standard InChI is InChI=1S/C18H31N5O2/c1-16(14-22-7-4-6-20-22)13-19-18(24)23-8-3-2-5-17(23)15-21-9-11-25-12-10-21/h4,6-7,16-17H,2-3,5,8-15H2,1H3,(H,19,24)/t16-,17-/m1/s1. The van der Waals surface area contributed by atoms with Crippen LogP contribution < -0.4 is 5.32 Å². The monoisotopic (exact) mass is 349 g/mol. The molecular formula is C18H31N5O2. The van der Waals surface area contributed by atoms with Crippen molar-refractivity contribution >= 4 is 6.03 Å². The Morgan fingerprint density at radius 2 is 2.16 bits per heavy atom. The molecule has 140 valence electrons. The van der Waals surface area contributed by atoms with Crippen molar-refractivity contribution in [1.29, 1.82) is 0 Å². The predicted molar refractivity (Wildman–Crippen MR) is 96.4 cm³/mol. The largest absolute Gasteiger partial charge is 0.379 e. The molecule has 2 atom stereocenters. The van der Waals surface area contributed by atoms with Crippen molar-refractivity contribution in [3.05, 3.63) is 18.5 Å². The molecular weight excluding hydrogens is 318 g/mol. The summed E-state index contributed by atoms with van der Waals surface area (Å²) < 4.78 is 7.35. The van der Waals surface area contributed by atoms with Gasteiger partial charge in [-0.3, -0.25) is 9.58 Å². The smallest absolute Gasteiger partial charge is 0.317 e. The van der Waals surface area contributed by atoms with Crippen LogP contribution in [0.25, 0.3) is 0 Å². The van der Waals surface area contributed by atoms with Crippen LogP contribution in [0.4, 0.5) is 4.79 Å². The van der Waals surface area contributed by atoms with Gasteiger partial charge in [0, 0.05) is 57.7 Å². The van der Waals surface area contributed by atoms with Crippen molar-refractivity contribution in [3.8, 4) is 0 Å². The molecule has 2 aliphatic rings. The Hall–Kier alpha value is -1.60. The van der Waals surface area contributed by atoms with Crippen LogP contribution in [-0.4, -0.2) is 77.6 Å². The molecule has 1 aromatic rings. The number of likely N-dealkylation sites (tertiary alicyclic amines) is 1. The number of nitrogens with zero attached hydrogens (tertiary/aromatic N) is 4. The number of piperidine rings is 1. The van der Waals surface area contributed by atoms with Gasteiger partial charge in [-0.15, -0.1) is 0 Å². The quantitative estimate of drug-likeness (QED) is 0.844. The summed E-state index contributed by atoms with van der Waals surface area (Å²) in [6, 6.07) is 2.34. The van der Waals surface area contributed by atoms with Gasteiger partial charge in [-0.25, -0.2) is 4.79 Å². The highest BCUT2D eigenvalue weighted by Crippen LogP contribution is 2.18. The number of carbonyl (C=O) groups excluding carboxylic acids is 1. The topological polar surface area (TPSA) is 62.6 Å². The average molecular weight is 349 g/mol. The second-order valence-electron chi connectivity index (χ2n) is 7.28. The predicted octanol–water partition coefficient (Wildman–Crippen LogP) is 1.42. The second-order valence-corrected chi connectivity index (χ2v) is 7.28. The molecule has 2 amide bonds. The Balaban J connectivity index is 1.46. The molecule has 25 heavy (non-hydrogen) atoms. The van der Waals surface area contributed by atoms with Crippen molar-refractivity contribution < 1.29 is 9.53 Å². The SMILES string of the molecule is C[C@H](CNC(=O)N1CCCC[C@@H]1CN1CCOCC1)Cn1cccn1. The van der Waals surface area contributed by atoms with Gasteiger partial charge < -0.3 is 15.0 Å². The maximum absolute atomic E-state index is 12.7. The van der Waals surface area contributed by atoms with Crippen molar-refractivity contribution in [2.75, 3.05) is 45.9 Å². The van der Waals surface area contributed by atoms with E-state index in [1.165, 1.54) is 6.42 Å². The van der Waals surface area contributed by atoms with E-state index < -0.39 is 0 Å². The van der Waals surface area contributed by atoms with Crippen LogP contribution in [0.1, 0.15) is 26.2 Å². The van der Waals surface area contributed by atoms with Gasteiger partial charge in [0.25, 0.3) is 0 Å². The lowest BCUT2D eigenvalue weighted by Crippen LogP contribution is -2.54. The Kier molecular flexibility index (Phi) is 6.69. The summed E-state index contributed by atoms with van der Waals surface area (Å²) >= 11 is 0. The molecule has 0 bridgehead atoms. The number of amides is 2. The zero-order chi connectivity index (χ0) is 17.5. The number of nitrogens with one attached hydrogen (secondary N) is 1. The maximum Gasteiger partial charge on any atom is 0.317 e. The molecule has 2 fully saturated rings. The normalized spacial score (nSPS) is 23.4. The molecule has 3 heterocycles. The molecule has 0 aromatic carbocycles. The molecule has 1 N–H and O–H groups in total. The summed E-state index contributed by atoms with van der Waals surface area (Å²) in [7, 11) is 0. The fourth-order valence-electron chi connectivity index (χ4n) is 3.69. The molecule has 0 aliphatic carbocycles. The van der Waals surface area contributed by atoms with E-state index in [1.807, 2.05) is 16.9 Å². The first-order valence-corrected chi connectivity index (χ1v) is 9.54. The second kappa shape index (κ2) is 9.20. The van der Waals surface area contributed by atoms with Crippen LogP contribution in [0.15, 0.2) is 18.5 Å². The fraction of sp³-hybridized carbons (Fsp3) is 0.778. The lowest BCUT2D eigenvalue weighted by molar-refractivity contribution is 0.0221. The van der Waals surface area contributed by atoms with Crippen LogP contribution in [0, 0.1) is 5.92 Å². The lowest BCUT2D eigenvalue weighted by Gasteiger charge is -2.39. The van der Waals surface area contributed by atoms with Gasteiger partial charge in [-0.05, 0) is 31.2 Å². The van der Waals surface area contributed by atoms with Gasteiger partial charge in [0.15, 0.2) is 0 Å². The molecule has 0 spiro atoms. The molecule has 3 rings (SSSR count). The van der Waals surface area contributed by atoms with Gasteiger partial charge in [0.1, 0.15) is 0 Å². The third-order valence-corrected chi connectivity index (χ3v) is 5.12. The van der Waals surface area contributed by atoms with Crippen molar-refractivity contribution in [3.63, 3.8) is 0 Å². The number of hydrogen-bond acceptors (Lipinski definition) is 4. The fourth-order valence-corrected chi connectivity index (χ4v) is 3.69. The van der Waals surface area contributed by atoms with Crippen LogP contribution in [-0.2, 0) is 11.3 Å². The molecule has 2 saturated heterocycles. The van der Waals surface area contributed by atoms with E-state index in [4.69, 9.17) is 4.74 Å². The maximum atomic E-state index is 12.7. The van der Waals surface area contributed by atoms with Crippen LogP contribution in [0.3, 0.4) is 0 Å². The van der Waals surface area contributed by atoms with Gasteiger partial charge in [-0.2, -0.15) is 5.10 Å². The van der Waals surface area contributed by atoms with E-state index in [9.17, 15) is 4.79 Å². The average Bonchev–Trinajstić information content (AvgIpc) is 3.14. The number of morpholine rings is 1. The van der Waals surface area contributed by atoms with E-state index in [0.29, 0.717) is 18.5 Å². The highest BCUT2D eigenvalue weighted by Gasteiger charge is 2.28. The lowest BCUT2D eigenvalue weighted by atomic mass is 10.0. The van der Waals surface area contributed by atoms with Gasteiger partial charge in [-0.1, -0.05) is 6.92 Å². The minimum atomic E-state index is 0.0882. The molecule has 7 nitrogen and oxygen atoms in total. The van der Waals surface area contributed by atoms with Crippen molar-refractivity contribution in [1.82, 2.24) is 24.9 Å². The summed E-state index contributed by atoms with van der Waals surface area (Å²) in [6.07, 6.45) is 7.18. The summed E-state index contributed by atoms with van der Waals surface area (Å²) in [5, 5.41) is 7.36. The minimum Gasteiger partial charge on any atom is -0.379 e. The minimum absolute atomic E-state index is 0.0882. The Bertz CT molecular complexity index is 516. The van der Waals surface area contributed by atoms with Gasteiger partial charge in [0.05, 0.1) is 13.2 Å². The molecule has 0 radical (unpaired) electrons. The van der Waals surface area contributed by atoms with Crippen molar-refractivity contribution in [2.45, 2.75) is 38.8 Å². The number of rotatable bonds is 6. The molecule has 2 aliphatic heterocycles. The van der Waals surface area contributed by atoms with E-state index >= 15 is 0 Å². The third-order valence-electron chi connectivity index (χ3n) is 5.12. The highest BCUT2D eigenvalue weighted by atomic mass is 16.5. The first kappa shape index (κ1) is 18.2. The number of urea groups is 1. The third kappa shape index (κ3) is 5.44. The number of hydrogen-bond donors (Lipinski definition) is 1. The van der Waals surface area contributed by atoms with Crippen LogP contribution in [0.2, 0.25) is 0 Å². The van der Waals surface area contributed by atoms with Crippen LogP contribution in [0.5, 0.6) is 0 Å². The molecule has 0 saturated carbocycles. The number of aromatic nitrogens is 2.